The van der Waals surface area contributed by atoms with Crippen molar-refractivity contribution in [1.29, 1.82) is 0 Å². The molecule has 7 heteroatoms. The van der Waals surface area contributed by atoms with E-state index in [4.69, 9.17) is 0 Å². The van der Waals surface area contributed by atoms with Gasteiger partial charge in [0.15, 0.2) is 13.1 Å². The van der Waals surface area contributed by atoms with Crippen LogP contribution >= 0.6 is 0 Å². The van der Waals surface area contributed by atoms with Crippen molar-refractivity contribution in [1.82, 2.24) is 5.32 Å². The summed E-state index contributed by atoms with van der Waals surface area (Å²) in [6.45, 7) is 10.4. The van der Waals surface area contributed by atoms with E-state index in [1.165, 1.54) is 0 Å². The quantitative estimate of drug-likeness (QED) is 0.676. The Morgan fingerprint density at radius 1 is 1.00 bits per heavy atom. The average molecular weight is 350 g/mol. The van der Waals surface area contributed by atoms with Crippen LogP contribution in [-0.2, 0) is 14.3 Å². The number of aryl methyl sites for hydroxylation is 3. The van der Waals surface area contributed by atoms with E-state index in [1.807, 2.05) is 39.8 Å². The molecule has 0 aromatic heterocycles. The lowest BCUT2D eigenvalue weighted by atomic mass is 10.1. The predicted molar refractivity (Wildman–Crippen MR) is 95.7 cm³/mol. The van der Waals surface area contributed by atoms with Gasteiger partial charge in [0.25, 0.3) is 11.8 Å². The lowest BCUT2D eigenvalue weighted by Crippen LogP contribution is -3.14. The van der Waals surface area contributed by atoms with E-state index in [9.17, 15) is 14.4 Å². The van der Waals surface area contributed by atoms with Crippen molar-refractivity contribution in [3.63, 3.8) is 0 Å². The Morgan fingerprint density at radius 3 is 2.08 bits per heavy atom. The number of anilines is 1. The van der Waals surface area contributed by atoms with Gasteiger partial charge in [-0.05, 0) is 45.7 Å². The molecule has 7 nitrogen and oxygen atoms in total. The number of hydrogen-bond donors (Lipinski definition) is 3. The highest BCUT2D eigenvalue weighted by molar-refractivity contribution is 5.94. The first-order chi connectivity index (χ1) is 11.8. The zero-order valence-electron chi connectivity index (χ0n) is 15.6. The maximum atomic E-state index is 12.3. The van der Waals surface area contributed by atoms with Crippen LogP contribution in [-0.4, -0.2) is 44.1 Å². The molecule has 138 valence electrons. The zero-order valence-corrected chi connectivity index (χ0v) is 15.6. The highest BCUT2D eigenvalue weighted by Crippen LogP contribution is 2.21. The molecule has 3 N–H and O–H groups in total. The van der Waals surface area contributed by atoms with Crippen molar-refractivity contribution in [2.24, 2.45) is 0 Å². The molecule has 0 spiro atoms. The van der Waals surface area contributed by atoms with Gasteiger partial charge in [-0.2, -0.15) is 0 Å². The first kappa shape index (κ1) is 20.6. The van der Waals surface area contributed by atoms with Gasteiger partial charge in [0.05, 0.1) is 13.2 Å². The van der Waals surface area contributed by atoms with Gasteiger partial charge < -0.3 is 15.0 Å². The van der Waals surface area contributed by atoms with Crippen LogP contribution in [0.2, 0.25) is 0 Å². The molecule has 0 aliphatic carbocycles. The second kappa shape index (κ2) is 9.78. The van der Waals surface area contributed by atoms with Gasteiger partial charge in [-0.25, -0.2) is 4.79 Å². The number of benzene rings is 1. The monoisotopic (exact) mass is 350 g/mol. The normalized spacial score (nSPS) is 11.6. The highest BCUT2D eigenvalue weighted by Gasteiger charge is 2.19. The smallest absolute Gasteiger partial charge is 0.414 e. The molecule has 0 heterocycles. The average Bonchev–Trinajstić information content (AvgIpc) is 2.50. The Kier molecular flexibility index (Phi) is 8.07. The summed E-state index contributed by atoms with van der Waals surface area (Å²) < 4.78 is 4.66. The van der Waals surface area contributed by atoms with Gasteiger partial charge in [0, 0.05) is 5.69 Å². The standard InChI is InChI=1S/C18H27N3O4/c1-6-21(11-16(23)20-18(24)25-7-2)10-15(22)19-17-13(4)8-12(3)9-14(17)5/h8-9H,6-7,10-11H2,1-5H3,(H,19,22)(H,20,23,24)/p+1. The van der Waals surface area contributed by atoms with Crippen LogP contribution in [0.4, 0.5) is 10.5 Å². The molecule has 1 unspecified atom stereocenters. The molecule has 1 aromatic rings. The lowest BCUT2D eigenvalue weighted by molar-refractivity contribution is -0.881. The van der Waals surface area contributed by atoms with Crippen molar-refractivity contribution in [2.45, 2.75) is 34.6 Å². The van der Waals surface area contributed by atoms with Gasteiger partial charge in [-0.1, -0.05) is 17.7 Å². The number of imide groups is 1. The Morgan fingerprint density at radius 2 is 1.56 bits per heavy atom. The molecule has 0 radical (unpaired) electrons. The number of hydrogen-bond acceptors (Lipinski definition) is 4. The second-order valence-electron chi connectivity index (χ2n) is 6.05. The maximum Gasteiger partial charge on any atom is 0.414 e. The van der Waals surface area contributed by atoms with E-state index >= 15 is 0 Å². The van der Waals surface area contributed by atoms with Crippen molar-refractivity contribution in [3.05, 3.63) is 28.8 Å². The van der Waals surface area contributed by atoms with E-state index in [-0.39, 0.29) is 25.6 Å². The van der Waals surface area contributed by atoms with Crippen LogP contribution < -0.4 is 15.5 Å². The van der Waals surface area contributed by atoms with E-state index in [0.29, 0.717) is 6.54 Å². The van der Waals surface area contributed by atoms with Crippen molar-refractivity contribution < 1.29 is 24.0 Å². The largest absolute Gasteiger partial charge is 0.450 e. The third-order valence-corrected chi connectivity index (χ3v) is 3.78. The Labute approximate surface area is 148 Å². The fourth-order valence-corrected chi connectivity index (χ4v) is 2.65. The lowest BCUT2D eigenvalue weighted by Gasteiger charge is -2.18. The molecule has 3 amide bonds. The molecule has 0 saturated heterocycles. The van der Waals surface area contributed by atoms with E-state index in [2.05, 4.69) is 15.4 Å². The molecule has 1 atom stereocenters. The van der Waals surface area contributed by atoms with E-state index in [0.717, 1.165) is 27.3 Å². The second-order valence-corrected chi connectivity index (χ2v) is 6.05. The Bertz CT molecular complexity index is 620. The molecule has 0 saturated carbocycles. The minimum absolute atomic E-state index is 0.0224. The summed E-state index contributed by atoms with van der Waals surface area (Å²) in [4.78, 5) is 36.1. The number of rotatable bonds is 7. The van der Waals surface area contributed by atoms with Crippen molar-refractivity contribution in [3.8, 4) is 0 Å². The minimum Gasteiger partial charge on any atom is -0.450 e. The third kappa shape index (κ3) is 6.93. The number of amides is 3. The van der Waals surface area contributed by atoms with Gasteiger partial charge in [-0.3, -0.25) is 14.9 Å². The molecule has 0 aliphatic rings. The fraction of sp³-hybridized carbons (Fsp3) is 0.500. The first-order valence-electron chi connectivity index (χ1n) is 8.44. The Hall–Kier alpha value is -2.41. The molecular formula is C18H28N3O4+. The van der Waals surface area contributed by atoms with Crippen molar-refractivity contribution in [2.75, 3.05) is 31.6 Å². The Balaban J connectivity index is 2.62. The van der Waals surface area contributed by atoms with Crippen LogP contribution in [0.15, 0.2) is 12.1 Å². The predicted octanol–water partition coefficient (Wildman–Crippen LogP) is 0.728. The van der Waals surface area contributed by atoms with Gasteiger partial charge in [-0.15, -0.1) is 0 Å². The molecule has 1 aromatic carbocycles. The number of likely N-dealkylation sites (N-methyl/N-ethyl adjacent to an activating group) is 1. The number of quaternary nitrogens is 1. The van der Waals surface area contributed by atoms with Gasteiger partial charge >= 0.3 is 6.09 Å². The summed E-state index contributed by atoms with van der Waals surface area (Å²) in [5.74, 6) is -0.637. The van der Waals surface area contributed by atoms with Crippen LogP contribution in [0.3, 0.4) is 0 Å². The van der Waals surface area contributed by atoms with E-state index in [1.54, 1.807) is 6.92 Å². The van der Waals surface area contributed by atoms with Crippen LogP contribution in [0.5, 0.6) is 0 Å². The number of ether oxygens (including phenoxy) is 1. The summed E-state index contributed by atoms with van der Waals surface area (Å²) in [5.41, 5.74) is 3.96. The number of nitrogens with one attached hydrogen (secondary N) is 3. The van der Waals surface area contributed by atoms with Crippen molar-refractivity contribution >= 4 is 23.6 Å². The number of carbonyl (C=O) groups is 3. The molecule has 1 rings (SSSR count). The van der Waals surface area contributed by atoms with Gasteiger partial charge in [0.1, 0.15) is 0 Å². The van der Waals surface area contributed by atoms with Crippen LogP contribution in [0, 0.1) is 20.8 Å². The van der Waals surface area contributed by atoms with Crippen LogP contribution in [0.1, 0.15) is 30.5 Å². The SMILES string of the molecule is CCOC(=O)NC(=O)C[NH+](CC)CC(=O)Nc1c(C)cc(C)cc1C. The molecule has 0 bridgehead atoms. The molecule has 0 fully saturated rings. The summed E-state index contributed by atoms with van der Waals surface area (Å²) in [6, 6.07) is 4.03. The summed E-state index contributed by atoms with van der Waals surface area (Å²) >= 11 is 0. The first-order valence-corrected chi connectivity index (χ1v) is 8.44. The van der Waals surface area contributed by atoms with Gasteiger partial charge in [0.2, 0.25) is 0 Å². The molecule has 0 aliphatic heterocycles. The highest BCUT2D eigenvalue weighted by atomic mass is 16.5. The minimum atomic E-state index is -0.765. The number of alkyl carbamates (subject to hydrolysis) is 1. The molecular weight excluding hydrogens is 322 g/mol. The summed E-state index contributed by atoms with van der Waals surface area (Å²) in [6.07, 6.45) is -0.765. The number of carbonyl (C=O) groups excluding carboxylic acids is 3. The fourth-order valence-electron chi connectivity index (χ4n) is 2.65. The maximum absolute atomic E-state index is 12.3. The zero-order chi connectivity index (χ0) is 19.0. The van der Waals surface area contributed by atoms with E-state index < -0.39 is 12.0 Å². The third-order valence-electron chi connectivity index (χ3n) is 3.78. The molecule has 25 heavy (non-hydrogen) atoms. The summed E-state index contributed by atoms with van der Waals surface area (Å²) in [5, 5.41) is 5.06. The topological polar surface area (TPSA) is 88.9 Å². The summed E-state index contributed by atoms with van der Waals surface area (Å²) in [7, 11) is 0. The van der Waals surface area contributed by atoms with Crippen LogP contribution in [0.25, 0.3) is 0 Å².